The Morgan fingerprint density at radius 1 is 1.50 bits per heavy atom. The van der Waals surface area contributed by atoms with Crippen LogP contribution in [0.3, 0.4) is 0 Å². The summed E-state index contributed by atoms with van der Waals surface area (Å²) in [7, 11) is 1.53. The number of rotatable bonds is 4. The van der Waals surface area contributed by atoms with E-state index in [2.05, 4.69) is 0 Å². The Bertz CT molecular complexity index is 403. The zero-order valence-corrected chi connectivity index (χ0v) is 10.7. The Morgan fingerprint density at radius 2 is 2.33 bits per heavy atom. The highest BCUT2D eigenvalue weighted by molar-refractivity contribution is 5.29. The van der Waals surface area contributed by atoms with E-state index < -0.39 is 0 Å². The summed E-state index contributed by atoms with van der Waals surface area (Å²) in [5.41, 5.74) is 6.43. The average molecular weight is 253 g/mol. The molecule has 1 fully saturated rings. The van der Waals surface area contributed by atoms with Gasteiger partial charge in [-0.05, 0) is 30.9 Å². The van der Waals surface area contributed by atoms with E-state index >= 15 is 0 Å². The molecule has 1 saturated heterocycles. The fourth-order valence-corrected chi connectivity index (χ4v) is 2.49. The summed E-state index contributed by atoms with van der Waals surface area (Å²) in [6.07, 6.45) is 2.61. The van der Waals surface area contributed by atoms with Crippen LogP contribution in [0, 0.1) is 11.2 Å². The Morgan fingerprint density at radius 3 is 2.89 bits per heavy atom. The lowest BCUT2D eigenvalue weighted by molar-refractivity contribution is -0.00302. The fraction of sp³-hybridized carbons (Fsp3) is 0.571. The predicted molar refractivity (Wildman–Crippen MR) is 68.2 cm³/mol. The predicted octanol–water partition coefficient (Wildman–Crippen LogP) is 2.13. The van der Waals surface area contributed by atoms with Crippen LogP contribution in [0.1, 0.15) is 18.4 Å². The number of nitrogens with two attached hydrogens (primary N) is 1. The third kappa shape index (κ3) is 2.82. The number of halogens is 1. The van der Waals surface area contributed by atoms with Gasteiger partial charge in [0.1, 0.15) is 11.6 Å². The van der Waals surface area contributed by atoms with Gasteiger partial charge in [-0.2, -0.15) is 0 Å². The largest absolute Gasteiger partial charge is 0.497 e. The topological polar surface area (TPSA) is 44.5 Å². The van der Waals surface area contributed by atoms with Crippen molar-refractivity contribution >= 4 is 0 Å². The molecule has 1 atom stereocenters. The quantitative estimate of drug-likeness (QED) is 0.894. The van der Waals surface area contributed by atoms with Crippen LogP contribution in [0.4, 0.5) is 4.39 Å². The molecule has 0 radical (unpaired) electrons. The molecular weight excluding hydrogens is 233 g/mol. The van der Waals surface area contributed by atoms with E-state index in [1.165, 1.54) is 13.2 Å². The van der Waals surface area contributed by atoms with Crippen LogP contribution in [0.15, 0.2) is 18.2 Å². The van der Waals surface area contributed by atoms with Crippen molar-refractivity contribution in [2.75, 3.05) is 26.9 Å². The van der Waals surface area contributed by atoms with Crippen molar-refractivity contribution < 1.29 is 13.9 Å². The van der Waals surface area contributed by atoms with Crippen LogP contribution in [0.25, 0.3) is 0 Å². The minimum Gasteiger partial charge on any atom is -0.497 e. The van der Waals surface area contributed by atoms with Crippen molar-refractivity contribution in [3.8, 4) is 5.75 Å². The van der Waals surface area contributed by atoms with Crippen molar-refractivity contribution in [1.82, 2.24) is 0 Å². The van der Waals surface area contributed by atoms with Crippen molar-refractivity contribution in [3.05, 3.63) is 29.6 Å². The second-order valence-corrected chi connectivity index (χ2v) is 4.99. The Labute approximate surface area is 107 Å². The molecule has 0 spiro atoms. The summed E-state index contributed by atoms with van der Waals surface area (Å²) in [4.78, 5) is 0. The lowest BCUT2D eigenvalue weighted by atomic mass is 9.77. The van der Waals surface area contributed by atoms with Gasteiger partial charge >= 0.3 is 0 Å². The maximum absolute atomic E-state index is 13.9. The summed E-state index contributed by atoms with van der Waals surface area (Å²) >= 11 is 0. The monoisotopic (exact) mass is 253 g/mol. The van der Waals surface area contributed by atoms with E-state index in [1.54, 1.807) is 12.1 Å². The molecule has 0 amide bonds. The summed E-state index contributed by atoms with van der Waals surface area (Å²) in [5, 5.41) is 0. The van der Waals surface area contributed by atoms with E-state index in [4.69, 9.17) is 15.2 Å². The molecule has 3 nitrogen and oxygen atoms in total. The van der Waals surface area contributed by atoms with Gasteiger partial charge in [0.15, 0.2) is 0 Å². The molecule has 0 bridgehead atoms. The minimum atomic E-state index is -0.229. The first kappa shape index (κ1) is 13.3. The zero-order chi connectivity index (χ0) is 13.0. The number of hydrogen-bond donors (Lipinski definition) is 1. The van der Waals surface area contributed by atoms with Gasteiger partial charge in [-0.15, -0.1) is 0 Å². The SMILES string of the molecule is COc1ccc(CC2(CN)CCCOC2)c(F)c1. The Balaban J connectivity index is 2.16. The normalized spacial score (nSPS) is 23.9. The molecule has 18 heavy (non-hydrogen) atoms. The lowest BCUT2D eigenvalue weighted by Crippen LogP contribution is -2.40. The fourth-order valence-electron chi connectivity index (χ4n) is 2.49. The van der Waals surface area contributed by atoms with Gasteiger partial charge in [0.25, 0.3) is 0 Å². The average Bonchev–Trinajstić information content (AvgIpc) is 2.42. The number of hydrogen-bond acceptors (Lipinski definition) is 3. The molecule has 4 heteroatoms. The van der Waals surface area contributed by atoms with Gasteiger partial charge in [-0.3, -0.25) is 0 Å². The van der Waals surface area contributed by atoms with Crippen LogP contribution in [-0.4, -0.2) is 26.9 Å². The second kappa shape index (κ2) is 5.67. The number of benzene rings is 1. The third-order valence-electron chi connectivity index (χ3n) is 3.66. The van der Waals surface area contributed by atoms with Crippen LogP contribution < -0.4 is 10.5 Å². The van der Waals surface area contributed by atoms with Crippen LogP contribution in [0.5, 0.6) is 5.75 Å². The Hall–Kier alpha value is -1.13. The van der Waals surface area contributed by atoms with Gasteiger partial charge in [0, 0.05) is 24.6 Å². The molecule has 2 rings (SSSR count). The van der Waals surface area contributed by atoms with Crippen molar-refractivity contribution in [3.63, 3.8) is 0 Å². The van der Waals surface area contributed by atoms with Crippen molar-refractivity contribution in [2.45, 2.75) is 19.3 Å². The van der Waals surface area contributed by atoms with Gasteiger partial charge in [0.05, 0.1) is 13.7 Å². The van der Waals surface area contributed by atoms with Crippen LogP contribution in [-0.2, 0) is 11.2 Å². The maximum atomic E-state index is 13.9. The molecule has 1 aliphatic heterocycles. The van der Waals surface area contributed by atoms with Crippen LogP contribution >= 0.6 is 0 Å². The van der Waals surface area contributed by atoms with E-state index in [9.17, 15) is 4.39 Å². The first-order valence-electron chi connectivity index (χ1n) is 6.29. The molecule has 2 N–H and O–H groups in total. The standard InChI is InChI=1S/C14H20FNO2/c1-17-12-4-3-11(13(15)7-12)8-14(9-16)5-2-6-18-10-14/h3-4,7H,2,5-6,8-10,16H2,1H3. The highest BCUT2D eigenvalue weighted by Gasteiger charge is 2.32. The summed E-state index contributed by atoms with van der Waals surface area (Å²) in [6.45, 7) is 1.93. The Kier molecular flexibility index (Phi) is 4.19. The van der Waals surface area contributed by atoms with Crippen molar-refractivity contribution in [2.24, 2.45) is 11.1 Å². The summed E-state index contributed by atoms with van der Waals surface area (Å²) in [5.74, 6) is 0.311. The molecule has 100 valence electrons. The molecule has 1 heterocycles. The molecule has 1 aromatic rings. The molecule has 0 saturated carbocycles. The summed E-state index contributed by atoms with van der Waals surface area (Å²) in [6, 6.07) is 4.98. The highest BCUT2D eigenvalue weighted by atomic mass is 19.1. The summed E-state index contributed by atoms with van der Waals surface area (Å²) < 4.78 is 24.4. The van der Waals surface area contributed by atoms with Crippen LogP contribution in [0.2, 0.25) is 0 Å². The van der Waals surface area contributed by atoms with Crippen molar-refractivity contribution in [1.29, 1.82) is 0 Å². The minimum absolute atomic E-state index is 0.117. The zero-order valence-electron chi connectivity index (χ0n) is 10.7. The lowest BCUT2D eigenvalue weighted by Gasteiger charge is -2.36. The molecular formula is C14H20FNO2. The molecule has 1 aliphatic rings. The van der Waals surface area contributed by atoms with Gasteiger partial charge in [0.2, 0.25) is 0 Å². The first-order valence-corrected chi connectivity index (χ1v) is 6.29. The second-order valence-electron chi connectivity index (χ2n) is 4.99. The van der Waals surface area contributed by atoms with Gasteiger partial charge < -0.3 is 15.2 Å². The third-order valence-corrected chi connectivity index (χ3v) is 3.66. The van der Waals surface area contributed by atoms with Gasteiger partial charge in [-0.25, -0.2) is 4.39 Å². The van der Waals surface area contributed by atoms with E-state index in [0.717, 1.165) is 19.4 Å². The molecule has 1 aromatic carbocycles. The van der Waals surface area contributed by atoms with E-state index in [-0.39, 0.29) is 11.2 Å². The molecule has 1 unspecified atom stereocenters. The van der Waals surface area contributed by atoms with E-state index in [0.29, 0.717) is 30.9 Å². The molecule has 0 aromatic heterocycles. The smallest absolute Gasteiger partial charge is 0.130 e. The first-order chi connectivity index (χ1) is 8.69. The highest BCUT2D eigenvalue weighted by Crippen LogP contribution is 2.32. The number of ether oxygens (including phenoxy) is 2. The van der Waals surface area contributed by atoms with Gasteiger partial charge in [-0.1, -0.05) is 6.07 Å². The maximum Gasteiger partial charge on any atom is 0.130 e. The molecule has 0 aliphatic carbocycles. The number of methoxy groups -OCH3 is 1. The van der Waals surface area contributed by atoms with E-state index in [1.807, 2.05) is 0 Å².